The average Bonchev–Trinajstić information content (AvgIpc) is 3.31. The van der Waals surface area contributed by atoms with Gasteiger partial charge >= 0.3 is 5.97 Å². The zero-order valence-corrected chi connectivity index (χ0v) is 28.8. The van der Waals surface area contributed by atoms with Gasteiger partial charge in [-0.25, -0.2) is 0 Å². The maximum atomic E-state index is 13.7. The molecule has 0 saturated heterocycles. The van der Waals surface area contributed by atoms with Crippen LogP contribution in [0.25, 0.3) is 0 Å². The molecule has 266 valence electrons. The number of Topliss-reactive ketones (excluding diaryl/α,β-unsaturated/α-hetero) is 2. The van der Waals surface area contributed by atoms with Gasteiger partial charge in [0, 0.05) is 65.9 Å². The maximum absolute atomic E-state index is 13.7. The Balaban J connectivity index is 1.81. The van der Waals surface area contributed by atoms with Crippen molar-refractivity contribution in [3.63, 3.8) is 0 Å². The Morgan fingerprint density at radius 1 is 0.898 bits per heavy atom. The molecule has 10 atom stereocenters. The number of nitrogens with one attached hydrogen (secondary N) is 1. The van der Waals surface area contributed by atoms with Crippen molar-refractivity contribution < 1.29 is 58.9 Å². The van der Waals surface area contributed by atoms with Crippen molar-refractivity contribution in [1.29, 1.82) is 0 Å². The predicted octanol–water partition coefficient (Wildman–Crippen LogP) is 2.83. The van der Waals surface area contributed by atoms with E-state index in [9.17, 15) is 44.7 Å². The maximum Gasteiger partial charge on any atom is 0.302 e. The topological polar surface area (TPSA) is 209 Å². The molecule has 13 nitrogen and oxygen atoms in total. The van der Waals surface area contributed by atoms with Crippen molar-refractivity contribution in [3.05, 3.63) is 70.2 Å². The number of phenolic OH excluding ortho intramolecular Hbond substituents is 1. The average molecular weight is 684 g/mol. The van der Waals surface area contributed by atoms with Gasteiger partial charge in [0.25, 0.3) is 5.79 Å². The lowest BCUT2D eigenvalue weighted by molar-refractivity contribution is -0.181. The number of carbonyl (C=O) groups excluding carboxylic acids is 4. The molecule has 49 heavy (non-hydrogen) atoms. The Morgan fingerprint density at radius 2 is 1.55 bits per heavy atom. The summed E-state index contributed by atoms with van der Waals surface area (Å²) in [6.45, 7) is 11.9. The van der Waals surface area contributed by atoms with Gasteiger partial charge in [-0.1, -0.05) is 45.9 Å². The number of carbonyl (C=O) groups is 4. The van der Waals surface area contributed by atoms with Gasteiger partial charge in [0.1, 0.15) is 17.6 Å². The van der Waals surface area contributed by atoms with Crippen LogP contribution in [0.5, 0.6) is 11.5 Å². The first-order valence-corrected chi connectivity index (χ1v) is 16.1. The lowest BCUT2D eigenvalue weighted by Gasteiger charge is -2.37. The molecular formula is C36H45NO12. The van der Waals surface area contributed by atoms with Crippen LogP contribution in [0.4, 0.5) is 0 Å². The predicted molar refractivity (Wildman–Crippen MR) is 175 cm³/mol. The summed E-state index contributed by atoms with van der Waals surface area (Å²) in [7, 11) is 0. The molecule has 5 rings (SSSR count). The van der Waals surface area contributed by atoms with Crippen LogP contribution in [0, 0.1) is 30.6 Å². The fourth-order valence-corrected chi connectivity index (χ4v) is 6.59. The molecular weight excluding hydrogens is 638 g/mol. The number of rotatable bonds is 1. The summed E-state index contributed by atoms with van der Waals surface area (Å²) >= 11 is 0. The number of benzene rings is 1. The molecule has 6 N–H and O–H groups in total. The third-order valence-electron chi connectivity index (χ3n) is 9.80. The minimum absolute atomic E-state index is 0.0435. The highest BCUT2D eigenvalue weighted by Gasteiger charge is 2.52. The second-order valence-corrected chi connectivity index (χ2v) is 13.3. The van der Waals surface area contributed by atoms with E-state index in [4.69, 9.17) is 14.2 Å². The van der Waals surface area contributed by atoms with Crippen molar-refractivity contribution in [2.75, 3.05) is 0 Å². The van der Waals surface area contributed by atoms with Crippen molar-refractivity contribution in [2.24, 2.45) is 23.7 Å². The molecule has 0 fully saturated rings. The number of aliphatic hydroxyl groups excluding tert-OH is 4. The first kappa shape index (κ1) is 37.5. The number of hydrogen-bond donors (Lipinski definition) is 6. The fraction of sp³-hybridized carbons (Fsp3) is 0.500. The van der Waals surface area contributed by atoms with Gasteiger partial charge in [0.15, 0.2) is 11.9 Å². The summed E-state index contributed by atoms with van der Waals surface area (Å²) in [4.78, 5) is 52.3. The van der Waals surface area contributed by atoms with E-state index in [0.29, 0.717) is 0 Å². The summed E-state index contributed by atoms with van der Waals surface area (Å²) in [5.74, 6) is -8.26. The SMILES string of the molecule is CC(=O)O[C@H]1[C@@H](C)[C@H](O)/C=C/O[C@]2(C)Oc3c(C)c(O)c4c(c3[C@@H]2O)C(=O)C(C)=C(NC(=O)/C=C\C=C\[C@@H](C)[C@@H](O)[C@H](C)[C@H](O)[C@@H]1C)C4=O. The largest absolute Gasteiger partial charge is 0.507 e. The van der Waals surface area contributed by atoms with Crippen LogP contribution < -0.4 is 10.1 Å². The van der Waals surface area contributed by atoms with Crippen LogP contribution in [-0.4, -0.2) is 79.2 Å². The molecule has 0 spiro atoms. The van der Waals surface area contributed by atoms with E-state index in [1.165, 1.54) is 45.9 Å². The Kier molecular flexibility index (Phi) is 10.9. The zero-order chi connectivity index (χ0) is 36.7. The molecule has 0 unspecified atom stereocenters. The van der Waals surface area contributed by atoms with Gasteiger partial charge in [-0.3, -0.25) is 19.2 Å². The molecule has 1 amide bonds. The molecule has 13 heteroatoms. The van der Waals surface area contributed by atoms with Gasteiger partial charge < -0.3 is 45.1 Å². The van der Waals surface area contributed by atoms with Crippen molar-refractivity contribution in [1.82, 2.24) is 5.32 Å². The highest BCUT2D eigenvalue weighted by Crippen LogP contribution is 2.53. The summed E-state index contributed by atoms with van der Waals surface area (Å²) in [6.07, 6.45) is 1.70. The van der Waals surface area contributed by atoms with Crippen LogP contribution >= 0.6 is 0 Å². The normalized spacial score (nSPS) is 36.0. The van der Waals surface area contributed by atoms with Gasteiger partial charge in [-0.05, 0) is 19.9 Å². The second kappa shape index (κ2) is 14.3. The Labute approximate surface area is 284 Å². The van der Waals surface area contributed by atoms with Crippen molar-refractivity contribution in [2.45, 2.75) is 91.7 Å². The smallest absolute Gasteiger partial charge is 0.302 e. The van der Waals surface area contributed by atoms with E-state index >= 15 is 0 Å². The second-order valence-electron chi connectivity index (χ2n) is 13.3. The molecule has 0 radical (unpaired) electrons. The zero-order valence-electron chi connectivity index (χ0n) is 28.8. The third kappa shape index (κ3) is 6.93. The molecule has 0 saturated carbocycles. The monoisotopic (exact) mass is 683 g/mol. The summed E-state index contributed by atoms with van der Waals surface area (Å²) < 4.78 is 17.3. The van der Waals surface area contributed by atoms with Gasteiger partial charge in [0.2, 0.25) is 11.7 Å². The molecule has 3 aliphatic heterocycles. The number of aromatic hydroxyl groups is 1. The van der Waals surface area contributed by atoms with E-state index in [-0.39, 0.29) is 33.7 Å². The number of ether oxygens (including phenoxy) is 3. The molecule has 1 aromatic carbocycles. The number of fused-ring (bicyclic) bond motifs is 14. The molecule has 5 bridgehead atoms. The highest BCUT2D eigenvalue weighted by molar-refractivity contribution is 6.29. The number of esters is 1. The van der Waals surface area contributed by atoms with Gasteiger partial charge in [-0.15, -0.1) is 0 Å². The number of allylic oxidation sites excluding steroid dienone is 4. The molecule has 1 aromatic rings. The minimum atomic E-state index is -1.89. The Bertz CT molecular complexity index is 1660. The van der Waals surface area contributed by atoms with Crippen LogP contribution in [0.3, 0.4) is 0 Å². The number of amides is 1. The van der Waals surface area contributed by atoms with E-state index in [0.717, 1.165) is 12.3 Å². The van der Waals surface area contributed by atoms with Crippen LogP contribution in [0.2, 0.25) is 0 Å². The molecule has 3 heterocycles. The van der Waals surface area contributed by atoms with Crippen LogP contribution in [0.15, 0.2) is 47.9 Å². The molecule has 0 aromatic heterocycles. The lowest BCUT2D eigenvalue weighted by Crippen LogP contribution is -2.46. The van der Waals surface area contributed by atoms with Gasteiger partial charge in [0.05, 0.1) is 35.8 Å². The van der Waals surface area contributed by atoms with E-state index < -0.39 is 94.7 Å². The summed E-state index contributed by atoms with van der Waals surface area (Å²) in [5, 5.41) is 58.4. The van der Waals surface area contributed by atoms with Gasteiger partial charge in [-0.2, -0.15) is 0 Å². The van der Waals surface area contributed by atoms with E-state index in [1.54, 1.807) is 33.8 Å². The summed E-state index contributed by atoms with van der Waals surface area (Å²) in [5.41, 5.74) is -1.21. The van der Waals surface area contributed by atoms with E-state index in [1.807, 2.05) is 0 Å². The van der Waals surface area contributed by atoms with Crippen LogP contribution in [0.1, 0.15) is 86.4 Å². The number of hydrogen-bond acceptors (Lipinski definition) is 12. The first-order valence-electron chi connectivity index (χ1n) is 16.1. The fourth-order valence-electron chi connectivity index (χ4n) is 6.59. The Morgan fingerprint density at radius 3 is 2.18 bits per heavy atom. The third-order valence-corrected chi connectivity index (χ3v) is 9.80. The molecule has 4 aliphatic rings. The first-order chi connectivity index (χ1) is 22.8. The number of aliphatic hydroxyl groups is 4. The van der Waals surface area contributed by atoms with Crippen molar-refractivity contribution >= 4 is 23.4 Å². The van der Waals surface area contributed by atoms with Crippen LogP contribution in [-0.2, 0) is 19.1 Å². The lowest BCUT2D eigenvalue weighted by atomic mass is 9.78. The molecule has 1 aliphatic carbocycles. The standard InChI is InChI=1S/C36H45NO12/c1-15-11-9-10-12-23(40)37-27-17(3)30(43)24-25(32(27)45)31(44)20(6)34-26(24)35(46)36(8,49-34)47-14-13-22(39)16(2)33(48-21(7)38)19(5)29(42)18(4)28(15)41/h9-16,18-19,22,28-29,33,35,39,41-42,44,46H,1-8H3,(H,37,40)/b11-9+,12-10-,14-13+/t15-,16+,18+,19+,22-,28-,29+,33+,35+,36-/m1/s1. The minimum Gasteiger partial charge on any atom is -0.507 e. The number of phenols is 1. The van der Waals surface area contributed by atoms with E-state index in [2.05, 4.69) is 5.32 Å². The number of ketones is 2. The Hall–Kier alpha value is -4.30. The quantitative estimate of drug-likeness (QED) is 0.236. The highest BCUT2D eigenvalue weighted by atomic mass is 16.7. The summed E-state index contributed by atoms with van der Waals surface area (Å²) in [6, 6.07) is 0. The van der Waals surface area contributed by atoms with Crippen molar-refractivity contribution in [3.8, 4) is 11.5 Å².